The second-order valence-corrected chi connectivity index (χ2v) is 5.40. The van der Waals surface area contributed by atoms with Crippen LogP contribution < -0.4 is 5.73 Å². The second-order valence-electron chi connectivity index (χ2n) is 4.93. The van der Waals surface area contributed by atoms with E-state index >= 15 is 0 Å². The van der Waals surface area contributed by atoms with Crippen molar-refractivity contribution in [1.82, 2.24) is 9.80 Å². The van der Waals surface area contributed by atoms with Crippen molar-refractivity contribution in [2.75, 3.05) is 32.7 Å². The minimum Gasteiger partial charge on any atom is -0.392 e. The quantitative estimate of drug-likeness (QED) is 0.738. The molecule has 1 rings (SSSR count). The molecule has 1 aliphatic heterocycles. The van der Waals surface area contributed by atoms with Gasteiger partial charge >= 0.3 is 0 Å². The molecule has 0 radical (unpaired) electrons. The Hall–Kier alpha value is -0.190. The normalized spacial score (nSPS) is 22.9. The predicted molar refractivity (Wildman–Crippen MR) is 73.7 cm³/mol. The van der Waals surface area contributed by atoms with E-state index in [0.29, 0.717) is 4.99 Å². The summed E-state index contributed by atoms with van der Waals surface area (Å²) in [5.74, 6) is 0.805. The molecular weight excluding hydrogens is 218 g/mol. The van der Waals surface area contributed by atoms with Crippen molar-refractivity contribution in [3.05, 3.63) is 0 Å². The van der Waals surface area contributed by atoms with Crippen molar-refractivity contribution in [3.63, 3.8) is 0 Å². The molecule has 1 saturated heterocycles. The number of thiocarbonyl (C=S) groups is 1. The summed E-state index contributed by atoms with van der Waals surface area (Å²) < 4.78 is 0. The monoisotopic (exact) mass is 243 g/mol. The van der Waals surface area contributed by atoms with Crippen molar-refractivity contribution in [2.45, 2.75) is 33.2 Å². The van der Waals surface area contributed by atoms with Gasteiger partial charge < -0.3 is 10.6 Å². The Morgan fingerprint density at radius 2 is 1.81 bits per heavy atom. The van der Waals surface area contributed by atoms with Crippen molar-refractivity contribution < 1.29 is 0 Å². The van der Waals surface area contributed by atoms with Crippen molar-refractivity contribution >= 4 is 17.2 Å². The maximum Gasteiger partial charge on any atom is 0.0899 e. The maximum absolute atomic E-state index is 5.68. The Labute approximate surface area is 105 Å². The highest BCUT2D eigenvalue weighted by Gasteiger charge is 2.22. The number of rotatable bonds is 5. The third-order valence-electron chi connectivity index (χ3n) is 3.63. The molecular formula is C12H25N3S. The summed E-state index contributed by atoms with van der Waals surface area (Å²) in [7, 11) is 0. The van der Waals surface area contributed by atoms with Crippen LogP contribution in [-0.4, -0.2) is 53.6 Å². The van der Waals surface area contributed by atoms with Gasteiger partial charge in [0.25, 0.3) is 0 Å². The van der Waals surface area contributed by atoms with Gasteiger partial charge in [0.05, 0.1) is 11.0 Å². The average molecular weight is 243 g/mol. The van der Waals surface area contributed by atoms with Gasteiger partial charge in [-0.1, -0.05) is 32.5 Å². The number of piperazine rings is 1. The fourth-order valence-corrected chi connectivity index (χ4v) is 2.23. The molecule has 0 saturated carbocycles. The van der Waals surface area contributed by atoms with Gasteiger partial charge in [0.2, 0.25) is 0 Å². The van der Waals surface area contributed by atoms with E-state index in [4.69, 9.17) is 18.0 Å². The Morgan fingerprint density at radius 1 is 1.25 bits per heavy atom. The van der Waals surface area contributed by atoms with E-state index < -0.39 is 0 Å². The van der Waals surface area contributed by atoms with Crippen molar-refractivity contribution in [3.8, 4) is 0 Å². The van der Waals surface area contributed by atoms with Gasteiger partial charge in [-0.25, -0.2) is 0 Å². The molecule has 0 aromatic heterocycles. The lowest BCUT2D eigenvalue weighted by Gasteiger charge is -2.38. The van der Waals surface area contributed by atoms with E-state index in [1.54, 1.807) is 0 Å². The summed E-state index contributed by atoms with van der Waals surface area (Å²) in [6, 6.07) is 0.251. The first-order valence-corrected chi connectivity index (χ1v) is 6.71. The van der Waals surface area contributed by atoms with Crippen LogP contribution in [-0.2, 0) is 0 Å². The van der Waals surface area contributed by atoms with Crippen LogP contribution >= 0.6 is 12.2 Å². The van der Waals surface area contributed by atoms with Crippen LogP contribution in [0.25, 0.3) is 0 Å². The summed E-state index contributed by atoms with van der Waals surface area (Å²) in [4.78, 5) is 5.56. The Balaban J connectivity index is 2.31. The van der Waals surface area contributed by atoms with E-state index in [1.807, 2.05) is 0 Å². The largest absolute Gasteiger partial charge is 0.392 e. The molecule has 94 valence electrons. The molecule has 0 bridgehead atoms. The van der Waals surface area contributed by atoms with Crippen LogP contribution in [0.4, 0.5) is 0 Å². The molecule has 2 atom stereocenters. The van der Waals surface area contributed by atoms with Crippen LogP contribution in [0.5, 0.6) is 0 Å². The zero-order valence-electron chi connectivity index (χ0n) is 10.8. The van der Waals surface area contributed by atoms with Crippen molar-refractivity contribution in [2.24, 2.45) is 11.7 Å². The maximum atomic E-state index is 5.68. The first-order valence-electron chi connectivity index (χ1n) is 6.30. The highest BCUT2D eigenvalue weighted by Crippen LogP contribution is 2.10. The van der Waals surface area contributed by atoms with Crippen LogP contribution in [0.15, 0.2) is 0 Å². The Morgan fingerprint density at radius 3 is 2.25 bits per heavy atom. The lowest BCUT2D eigenvalue weighted by molar-refractivity contribution is 0.111. The van der Waals surface area contributed by atoms with Crippen LogP contribution in [0.3, 0.4) is 0 Å². The fraction of sp³-hybridized carbons (Fsp3) is 0.917. The van der Waals surface area contributed by atoms with Gasteiger partial charge in [-0.2, -0.15) is 0 Å². The third-order valence-corrected chi connectivity index (χ3v) is 3.97. The van der Waals surface area contributed by atoms with Gasteiger partial charge in [0, 0.05) is 32.7 Å². The molecule has 1 aliphatic rings. The molecule has 2 N–H and O–H groups in total. The minimum absolute atomic E-state index is 0.251. The summed E-state index contributed by atoms with van der Waals surface area (Å²) in [5.41, 5.74) is 5.68. The first kappa shape index (κ1) is 13.9. The number of hydrogen-bond acceptors (Lipinski definition) is 3. The van der Waals surface area contributed by atoms with E-state index in [1.165, 1.54) is 13.0 Å². The molecule has 3 nitrogen and oxygen atoms in total. The van der Waals surface area contributed by atoms with E-state index in [9.17, 15) is 0 Å². The highest BCUT2D eigenvalue weighted by atomic mass is 32.1. The number of nitrogens with two attached hydrogens (primary N) is 1. The van der Waals surface area contributed by atoms with Gasteiger partial charge in [-0.3, -0.25) is 4.90 Å². The van der Waals surface area contributed by atoms with E-state index in [-0.39, 0.29) is 6.04 Å². The molecule has 0 aliphatic carbocycles. The molecule has 1 fully saturated rings. The minimum atomic E-state index is 0.251. The van der Waals surface area contributed by atoms with E-state index in [2.05, 4.69) is 30.6 Å². The molecule has 1 heterocycles. The molecule has 16 heavy (non-hydrogen) atoms. The van der Waals surface area contributed by atoms with E-state index in [0.717, 1.165) is 32.1 Å². The fourth-order valence-electron chi connectivity index (χ4n) is 2.08. The highest BCUT2D eigenvalue weighted by molar-refractivity contribution is 7.80. The summed E-state index contributed by atoms with van der Waals surface area (Å²) in [6.45, 7) is 12.4. The van der Waals surface area contributed by atoms with Gasteiger partial charge in [-0.05, 0) is 12.8 Å². The third kappa shape index (κ3) is 4.00. The number of nitrogens with zero attached hydrogens (tertiary/aromatic N) is 2. The second kappa shape index (κ2) is 6.52. The summed E-state index contributed by atoms with van der Waals surface area (Å²) in [5, 5.41) is 0. The zero-order chi connectivity index (χ0) is 12.1. The topological polar surface area (TPSA) is 32.5 Å². The van der Waals surface area contributed by atoms with Gasteiger partial charge in [0.15, 0.2) is 0 Å². The van der Waals surface area contributed by atoms with Gasteiger partial charge in [-0.15, -0.1) is 0 Å². The predicted octanol–water partition coefficient (Wildman–Crippen LogP) is 1.32. The molecule has 0 aromatic carbocycles. The molecule has 4 heteroatoms. The zero-order valence-corrected chi connectivity index (χ0v) is 11.6. The summed E-state index contributed by atoms with van der Waals surface area (Å²) >= 11 is 5.04. The molecule has 0 amide bonds. The summed E-state index contributed by atoms with van der Waals surface area (Å²) in [6.07, 6.45) is 1.27. The van der Waals surface area contributed by atoms with Gasteiger partial charge in [0.1, 0.15) is 0 Å². The van der Waals surface area contributed by atoms with Crippen LogP contribution in [0.1, 0.15) is 27.2 Å². The van der Waals surface area contributed by atoms with Crippen molar-refractivity contribution in [1.29, 1.82) is 0 Å². The molecule has 0 aromatic rings. The lowest BCUT2D eigenvalue weighted by Crippen LogP contribution is -2.53. The lowest BCUT2D eigenvalue weighted by atomic mass is 10.1. The first-order chi connectivity index (χ1) is 7.54. The SMILES string of the molecule is CCC(C)CN1CCN(C(C)C(N)=S)CC1. The van der Waals surface area contributed by atoms with Crippen LogP contribution in [0.2, 0.25) is 0 Å². The number of hydrogen-bond donors (Lipinski definition) is 1. The Kier molecular flexibility index (Phi) is 5.66. The molecule has 2 unspecified atom stereocenters. The Bertz CT molecular complexity index is 224. The standard InChI is InChI=1S/C12H25N3S/c1-4-10(2)9-14-5-7-15(8-6-14)11(3)12(13)16/h10-11H,4-9H2,1-3H3,(H2,13,16). The molecule has 0 spiro atoms. The average Bonchev–Trinajstić information content (AvgIpc) is 2.28. The smallest absolute Gasteiger partial charge is 0.0899 e. The van der Waals surface area contributed by atoms with Crippen LogP contribution in [0, 0.1) is 5.92 Å².